The highest BCUT2D eigenvalue weighted by Crippen LogP contribution is 2.31. The van der Waals surface area contributed by atoms with Gasteiger partial charge in [-0.1, -0.05) is 0 Å². The Hall–Kier alpha value is -1.82. The molecule has 0 bridgehead atoms. The van der Waals surface area contributed by atoms with Crippen LogP contribution in [0.2, 0.25) is 0 Å². The zero-order valence-electron chi connectivity index (χ0n) is 10.8. The normalized spacial score (nSPS) is 11.1. The Labute approximate surface area is 106 Å². The molecule has 0 unspecified atom stereocenters. The Morgan fingerprint density at radius 2 is 2.17 bits per heavy atom. The Morgan fingerprint density at radius 1 is 1.50 bits per heavy atom. The average molecular weight is 254 g/mol. The minimum atomic E-state index is -0.500. The molecule has 1 rings (SSSR count). The van der Waals surface area contributed by atoms with Crippen LogP contribution in [0, 0.1) is 10.1 Å². The van der Waals surface area contributed by atoms with Crippen molar-refractivity contribution in [3.63, 3.8) is 0 Å². The summed E-state index contributed by atoms with van der Waals surface area (Å²) in [6, 6.07) is 4.55. The quantitative estimate of drug-likeness (QED) is 0.600. The molecule has 0 saturated carbocycles. The molecule has 0 spiro atoms. The van der Waals surface area contributed by atoms with E-state index in [0.29, 0.717) is 12.3 Å². The van der Waals surface area contributed by atoms with Crippen LogP contribution in [0.25, 0.3) is 0 Å². The minimum Gasteiger partial charge on any atom is -0.487 e. The van der Waals surface area contributed by atoms with Gasteiger partial charge in [-0.2, -0.15) is 0 Å². The molecule has 0 heterocycles. The number of aliphatic hydroxyl groups is 1. The van der Waals surface area contributed by atoms with Crippen molar-refractivity contribution in [1.82, 2.24) is 0 Å². The molecule has 0 aliphatic heterocycles. The Balaban J connectivity index is 3.03. The molecule has 0 aliphatic carbocycles. The predicted octanol–water partition coefficient (Wildman–Crippen LogP) is 2.18. The summed E-state index contributed by atoms with van der Waals surface area (Å²) in [6.07, 6.45) is 0. The lowest BCUT2D eigenvalue weighted by molar-refractivity contribution is -0.385. The van der Waals surface area contributed by atoms with Gasteiger partial charge in [0.25, 0.3) is 0 Å². The highest BCUT2D eigenvalue weighted by molar-refractivity contribution is 5.58. The van der Waals surface area contributed by atoms with E-state index in [9.17, 15) is 10.1 Å². The van der Waals surface area contributed by atoms with E-state index >= 15 is 0 Å². The third-order valence-corrected chi connectivity index (χ3v) is 2.33. The number of nitro benzene ring substituents is 1. The van der Waals surface area contributed by atoms with Crippen LogP contribution < -0.4 is 10.1 Å². The zero-order valence-corrected chi connectivity index (χ0v) is 10.8. The van der Waals surface area contributed by atoms with E-state index in [1.165, 1.54) is 6.07 Å². The van der Waals surface area contributed by atoms with Crippen molar-refractivity contribution in [2.45, 2.75) is 26.3 Å². The molecular weight excluding hydrogens is 236 g/mol. The van der Waals surface area contributed by atoms with Gasteiger partial charge in [0.2, 0.25) is 0 Å². The number of ether oxygens (including phenoxy) is 1. The first-order valence-electron chi connectivity index (χ1n) is 5.70. The lowest BCUT2D eigenvalue weighted by atomic mass is 10.1. The summed E-state index contributed by atoms with van der Waals surface area (Å²) in [7, 11) is 0. The molecule has 6 heteroatoms. The summed E-state index contributed by atoms with van der Waals surface area (Å²) in [5.41, 5.74) is 0.104. The maximum atomic E-state index is 10.8. The van der Waals surface area contributed by atoms with E-state index in [-0.39, 0.29) is 18.0 Å². The van der Waals surface area contributed by atoms with Gasteiger partial charge in [0.05, 0.1) is 23.7 Å². The number of nitrogens with one attached hydrogen (secondary N) is 1. The van der Waals surface area contributed by atoms with Crippen molar-refractivity contribution in [1.29, 1.82) is 0 Å². The second-order valence-corrected chi connectivity index (χ2v) is 4.54. The van der Waals surface area contributed by atoms with Crippen molar-refractivity contribution >= 4 is 11.4 Å². The second-order valence-electron chi connectivity index (χ2n) is 4.54. The van der Waals surface area contributed by atoms with E-state index in [1.807, 2.05) is 13.8 Å². The summed E-state index contributed by atoms with van der Waals surface area (Å²) in [4.78, 5) is 10.3. The Bertz CT molecular complexity index is 432. The van der Waals surface area contributed by atoms with Gasteiger partial charge in [0, 0.05) is 17.8 Å². The van der Waals surface area contributed by atoms with Gasteiger partial charge >= 0.3 is 5.69 Å². The summed E-state index contributed by atoms with van der Waals surface area (Å²) < 4.78 is 5.24. The predicted molar refractivity (Wildman–Crippen MR) is 69.1 cm³/mol. The van der Waals surface area contributed by atoms with Gasteiger partial charge < -0.3 is 15.2 Å². The fourth-order valence-corrected chi connectivity index (χ4v) is 1.44. The summed E-state index contributed by atoms with van der Waals surface area (Å²) >= 11 is 0. The standard InChI is InChI=1S/C12H18N2O4/c1-4-18-11-7-9(13-12(2,3)8-15)5-6-10(11)14(16)17/h5-7,13,15H,4,8H2,1-3H3. The Morgan fingerprint density at radius 3 is 2.67 bits per heavy atom. The summed E-state index contributed by atoms with van der Waals surface area (Å²) in [5, 5.41) is 23.1. The van der Waals surface area contributed by atoms with Crippen LogP contribution in [-0.4, -0.2) is 28.8 Å². The van der Waals surface area contributed by atoms with Crippen molar-refractivity contribution in [3.05, 3.63) is 28.3 Å². The van der Waals surface area contributed by atoms with Gasteiger partial charge in [-0.05, 0) is 26.8 Å². The summed E-state index contributed by atoms with van der Waals surface area (Å²) in [5.74, 6) is 0.223. The maximum Gasteiger partial charge on any atom is 0.311 e. The fraction of sp³-hybridized carbons (Fsp3) is 0.500. The van der Waals surface area contributed by atoms with Crippen LogP contribution in [0.15, 0.2) is 18.2 Å². The third kappa shape index (κ3) is 3.59. The van der Waals surface area contributed by atoms with Crippen molar-refractivity contribution in [2.75, 3.05) is 18.5 Å². The monoisotopic (exact) mass is 254 g/mol. The van der Waals surface area contributed by atoms with E-state index < -0.39 is 10.5 Å². The summed E-state index contributed by atoms with van der Waals surface area (Å²) in [6.45, 7) is 5.73. The number of nitro groups is 1. The van der Waals surface area contributed by atoms with Crippen LogP contribution in [0.3, 0.4) is 0 Å². The molecule has 6 nitrogen and oxygen atoms in total. The van der Waals surface area contributed by atoms with Gasteiger partial charge in [0.1, 0.15) is 0 Å². The van der Waals surface area contributed by atoms with Crippen LogP contribution in [-0.2, 0) is 0 Å². The largest absolute Gasteiger partial charge is 0.487 e. The lowest BCUT2D eigenvalue weighted by Gasteiger charge is -2.25. The molecule has 0 amide bonds. The van der Waals surface area contributed by atoms with Gasteiger partial charge in [0.15, 0.2) is 5.75 Å². The van der Waals surface area contributed by atoms with Crippen molar-refractivity contribution in [2.24, 2.45) is 0 Å². The molecule has 0 fully saturated rings. The van der Waals surface area contributed by atoms with Crippen molar-refractivity contribution < 1.29 is 14.8 Å². The first kappa shape index (κ1) is 14.2. The molecule has 0 saturated heterocycles. The first-order chi connectivity index (χ1) is 8.39. The SMILES string of the molecule is CCOc1cc(NC(C)(C)CO)ccc1[N+](=O)[O-]. The lowest BCUT2D eigenvalue weighted by Crippen LogP contribution is -2.34. The highest BCUT2D eigenvalue weighted by atomic mass is 16.6. The molecule has 0 atom stereocenters. The highest BCUT2D eigenvalue weighted by Gasteiger charge is 2.19. The molecule has 0 aromatic heterocycles. The van der Waals surface area contributed by atoms with E-state index in [4.69, 9.17) is 9.84 Å². The van der Waals surface area contributed by atoms with Crippen LogP contribution >= 0.6 is 0 Å². The number of hydrogen-bond acceptors (Lipinski definition) is 5. The van der Waals surface area contributed by atoms with E-state index in [1.54, 1.807) is 19.1 Å². The minimum absolute atomic E-state index is 0.0477. The molecule has 1 aromatic carbocycles. The number of aliphatic hydroxyl groups excluding tert-OH is 1. The molecule has 2 N–H and O–H groups in total. The molecule has 0 aliphatic rings. The van der Waals surface area contributed by atoms with Crippen LogP contribution in [0.4, 0.5) is 11.4 Å². The average Bonchev–Trinajstić information content (AvgIpc) is 2.29. The number of benzene rings is 1. The van der Waals surface area contributed by atoms with E-state index in [0.717, 1.165) is 0 Å². The molecule has 0 radical (unpaired) electrons. The Kier molecular flexibility index (Phi) is 4.49. The number of hydrogen-bond donors (Lipinski definition) is 2. The van der Waals surface area contributed by atoms with Crippen LogP contribution in [0.5, 0.6) is 5.75 Å². The third-order valence-electron chi connectivity index (χ3n) is 2.33. The number of anilines is 1. The maximum absolute atomic E-state index is 10.8. The molecular formula is C12H18N2O4. The van der Waals surface area contributed by atoms with Gasteiger partial charge in [-0.25, -0.2) is 0 Å². The van der Waals surface area contributed by atoms with Crippen LogP contribution in [0.1, 0.15) is 20.8 Å². The smallest absolute Gasteiger partial charge is 0.311 e. The van der Waals surface area contributed by atoms with Crippen molar-refractivity contribution in [3.8, 4) is 5.75 Å². The number of rotatable bonds is 6. The number of nitrogens with zero attached hydrogens (tertiary/aromatic N) is 1. The first-order valence-corrected chi connectivity index (χ1v) is 5.70. The molecule has 1 aromatic rings. The van der Waals surface area contributed by atoms with Gasteiger partial charge in [-0.15, -0.1) is 0 Å². The van der Waals surface area contributed by atoms with Gasteiger partial charge in [-0.3, -0.25) is 10.1 Å². The fourth-order valence-electron chi connectivity index (χ4n) is 1.44. The topological polar surface area (TPSA) is 84.6 Å². The molecule has 18 heavy (non-hydrogen) atoms. The second kappa shape index (κ2) is 5.68. The van der Waals surface area contributed by atoms with E-state index in [2.05, 4.69) is 5.32 Å². The zero-order chi connectivity index (χ0) is 13.8. The molecule has 100 valence electrons.